The predicted octanol–water partition coefficient (Wildman–Crippen LogP) is 4.12. The van der Waals surface area contributed by atoms with Gasteiger partial charge in [0.25, 0.3) is 5.91 Å². The van der Waals surface area contributed by atoms with E-state index in [4.69, 9.17) is 4.74 Å². The number of rotatable bonds is 5. The average Bonchev–Trinajstić information content (AvgIpc) is 2.66. The van der Waals surface area contributed by atoms with E-state index in [9.17, 15) is 9.59 Å². The second kappa shape index (κ2) is 8.15. The number of carbonyl (C=O) groups is 2. The first kappa shape index (κ1) is 18.1. The third-order valence-corrected chi connectivity index (χ3v) is 4.65. The molecule has 0 saturated heterocycles. The van der Waals surface area contributed by atoms with Gasteiger partial charge < -0.3 is 10.1 Å². The van der Waals surface area contributed by atoms with Crippen LogP contribution in [0.25, 0.3) is 10.8 Å². The van der Waals surface area contributed by atoms with Crippen LogP contribution in [0.5, 0.6) is 0 Å². The molecule has 0 unspecified atom stereocenters. The standard InChI is InChI=1S/C21H18BrNO3/c1-26-21(25)19(13-14-6-4-9-16(22)12-14)23-20(24)18-11-5-8-15-7-2-3-10-17(15)18/h2-12,19H,13H2,1H3,(H,23,24)/t19-/m0/s1. The number of halogens is 1. The first-order valence-corrected chi connectivity index (χ1v) is 8.98. The lowest BCUT2D eigenvalue weighted by Crippen LogP contribution is -2.43. The number of methoxy groups -OCH3 is 1. The van der Waals surface area contributed by atoms with E-state index in [1.54, 1.807) is 6.07 Å². The Kier molecular flexibility index (Phi) is 5.68. The molecule has 1 atom stereocenters. The van der Waals surface area contributed by atoms with Gasteiger partial charge in [0.1, 0.15) is 6.04 Å². The smallest absolute Gasteiger partial charge is 0.328 e. The molecule has 0 radical (unpaired) electrons. The molecule has 5 heteroatoms. The van der Waals surface area contributed by atoms with E-state index in [1.807, 2.05) is 60.7 Å². The fourth-order valence-corrected chi connectivity index (χ4v) is 3.34. The number of ether oxygens (including phenoxy) is 1. The van der Waals surface area contributed by atoms with Crippen LogP contribution in [0.15, 0.2) is 71.2 Å². The zero-order chi connectivity index (χ0) is 18.5. The first-order valence-electron chi connectivity index (χ1n) is 8.19. The van der Waals surface area contributed by atoms with Crippen molar-refractivity contribution >= 4 is 38.6 Å². The summed E-state index contributed by atoms with van der Waals surface area (Å²) in [7, 11) is 1.32. The largest absolute Gasteiger partial charge is 0.467 e. The van der Waals surface area contributed by atoms with Gasteiger partial charge in [-0.2, -0.15) is 0 Å². The van der Waals surface area contributed by atoms with Crippen LogP contribution in [0.4, 0.5) is 0 Å². The predicted molar refractivity (Wildman–Crippen MR) is 105 cm³/mol. The Labute approximate surface area is 160 Å². The van der Waals surface area contributed by atoms with E-state index < -0.39 is 12.0 Å². The van der Waals surface area contributed by atoms with Gasteiger partial charge in [-0.25, -0.2) is 4.79 Å². The van der Waals surface area contributed by atoms with Gasteiger partial charge in [0.2, 0.25) is 0 Å². The number of esters is 1. The molecule has 0 saturated carbocycles. The minimum absolute atomic E-state index is 0.299. The second-order valence-electron chi connectivity index (χ2n) is 5.91. The van der Waals surface area contributed by atoms with Crippen molar-refractivity contribution in [2.45, 2.75) is 12.5 Å². The van der Waals surface area contributed by atoms with Crippen LogP contribution in [0.3, 0.4) is 0 Å². The summed E-state index contributed by atoms with van der Waals surface area (Å²) in [5.41, 5.74) is 1.46. The Balaban J connectivity index is 1.86. The molecule has 0 heterocycles. The SMILES string of the molecule is COC(=O)[C@H](Cc1cccc(Br)c1)NC(=O)c1cccc2ccccc12. The molecule has 0 aliphatic rings. The molecule has 0 aliphatic carbocycles. The summed E-state index contributed by atoms with van der Waals surface area (Å²) in [5, 5.41) is 4.64. The molecule has 3 aromatic rings. The van der Waals surface area contributed by atoms with Crippen molar-refractivity contribution in [1.82, 2.24) is 5.32 Å². The van der Waals surface area contributed by atoms with E-state index in [0.717, 1.165) is 20.8 Å². The first-order chi connectivity index (χ1) is 12.6. The Hall–Kier alpha value is -2.66. The molecule has 3 aromatic carbocycles. The van der Waals surface area contributed by atoms with Crippen LogP contribution >= 0.6 is 15.9 Å². The molecule has 0 fully saturated rings. The molecule has 0 aromatic heterocycles. The van der Waals surface area contributed by atoms with E-state index in [1.165, 1.54) is 7.11 Å². The number of benzene rings is 3. The van der Waals surface area contributed by atoms with Crippen molar-refractivity contribution in [2.75, 3.05) is 7.11 Å². The Morgan fingerprint density at radius 2 is 1.77 bits per heavy atom. The highest BCUT2D eigenvalue weighted by atomic mass is 79.9. The van der Waals surface area contributed by atoms with Gasteiger partial charge in [-0.3, -0.25) is 4.79 Å². The zero-order valence-corrected chi connectivity index (χ0v) is 15.8. The van der Waals surface area contributed by atoms with Crippen molar-refractivity contribution in [3.05, 3.63) is 82.3 Å². The number of fused-ring (bicyclic) bond motifs is 1. The van der Waals surface area contributed by atoms with Gasteiger partial charge in [0.15, 0.2) is 0 Å². The lowest BCUT2D eigenvalue weighted by molar-refractivity contribution is -0.142. The molecule has 3 rings (SSSR count). The van der Waals surface area contributed by atoms with Crippen molar-refractivity contribution in [3.8, 4) is 0 Å². The lowest BCUT2D eigenvalue weighted by Gasteiger charge is -2.17. The van der Waals surface area contributed by atoms with Gasteiger partial charge in [0, 0.05) is 16.5 Å². The van der Waals surface area contributed by atoms with Gasteiger partial charge in [-0.1, -0.05) is 64.5 Å². The van der Waals surface area contributed by atoms with Crippen molar-refractivity contribution in [3.63, 3.8) is 0 Å². The second-order valence-corrected chi connectivity index (χ2v) is 6.83. The number of carbonyl (C=O) groups excluding carboxylic acids is 2. The minimum Gasteiger partial charge on any atom is -0.467 e. The summed E-state index contributed by atoms with van der Waals surface area (Å²) in [5.74, 6) is -0.772. The fraction of sp³-hybridized carbons (Fsp3) is 0.143. The maximum Gasteiger partial charge on any atom is 0.328 e. The molecule has 1 amide bonds. The summed E-state index contributed by atoms with van der Waals surface area (Å²) in [6.45, 7) is 0. The lowest BCUT2D eigenvalue weighted by atomic mass is 10.0. The summed E-state index contributed by atoms with van der Waals surface area (Å²) in [4.78, 5) is 25.0. The van der Waals surface area contributed by atoms with Crippen LogP contribution in [0.2, 0.25) is 0 Å². The molecule has 26 heavy (non-hydrogen) atoms. The number of hydrogen-bond donors (Lipinski definition) is 1. The summed E-state index contributed by atoms with van der Waals surface area (Å²) < 4.78 is 5.79. The molecule has 0 aliphatic heterocycles. The van der Waals surface area contributed by atoms with Crippen molar-refractivity contribution in [2.24, 2.45) is 0 Å². The molecule has 0 bridgehead atoms. The third kappa shape index (κ3) is 4.11. The van der Waals surface area contributed by atoms with E-state index in [-0.39, 0.29) is 5.91 Å². The number of nitrogens with one attached hydrogen (secondary N) is 1. The average molecular weight is 412 g/mol. The highest BCUT2D eigenvalue weighted by molar-refractivity contribution is 9.10. The Bertz CT molecular complexity index is 949. The molecular formula is C21H18BrNO3. The molecule has 0 spiro atoms. The van der Waals surface area contributed by atoms with Crippen LogP contribution in [-0.2, 0) is 16.0 Å². The maximum atomic E-state index is 12.8. The number of amides is 1. The molecular weight excluding hydrogens is 394 g/mol. The number of hydrogen-bond acceptors (Lipinski definition) is 3. The zero-order valence-electron chi connectivity index (χ0n) is 14.2. The normalized spacial score (nSPS) is 11.8. The van der Waals surface area contributed by atoms with E-state index >= 15 is 0 Å². The van der Waals surface area contributed by atoms with Crippen molar-refractivity contribution in [1.29, 1.82) is 0 Å². The van der Waals surface area contributed by atoms with Crippen molar-refractivity contribution < 1.29 is 14.3 Å². The summed E-state index contributed by atoms with van der Waals surface area (Å²) in [6.07, 6.45) is 0.350. The van der Waals surface area contributed by atoms with Gasteiger partial charge >= 0.3 is 5.97 Å². The summed E-state index contributed by atoms with van der Waals surface area (Å²) in [6, 6.07) is 20.1. The Morgan fingerprint density at radius 1 is 1.04 bits per heavy atom. The minimum atomic E-state index is -0.763. The van der Waals surface area contributed by atoms with Crippen LogP contribution in [-0.4, -0.2) is 25.0 Å². The van der Waals surface area contributed by atoms with Crippen LogP contribution in [0.1, 0.15) is 15.9 Å². The fourth-order valence-electron chi connectivity index (χ4n) is 2.89. The van der Waals surface area contributed by atoms with Gasteiger partial charge in [-0.05, 0) is 34.5 Å². The highest BCUT2D eigenvalue weighted by Gasteiger charge is 2.23. The van der Waals surface area contributed by atoms with E-state index in [2.05, 4.69) is 21.2 Å². The highest BCUT2D eigenvalue weighted by Crippen LogP contribution is 2.19. The maximum absolute atomic E-state index is 12.8. The molecule has 132 valence electrons. The molecule has 4 nitrogen and oxygen atoms in total. The van der Waals surface area contributed by atoms with Gasteiger partial charge in [-0.15, -0.1) is 0 Å². The Morgan fingerprint density at radius 3 is 2.54 bits per heavy atom. The molecule has 1 N–H and O–H groups in total. The van der Waals surface area contributed by atoms with Gasteiger partial charge in [0.05, 0.1) is 7.11 Å². The monoisotopic (exact) mass is 411 g/mol. The third-order valence-electron chi connectivity index (χ3n) is 4.15. The summed E-state index contributed by atoms with van der Waals surface area (Å²) >= 11 is 3.42. The van der Waals surface area contributed by atoms with Crippen LogP contribution < -0.4 is 5.32 Å². The quantitative estimate of drug-likeness (QED) is 0.642. The topological polar surface area (TPSA) is 55.4 Å². The van der Waals surface area contributed by atoms with Crippen LogP contribution in [0, 0.1) is 0 Å². The van der Waals surface area contributed by atoms with E-state index in [0.29, 0.717) is 12.0 Å².